The fourth-order valence-electron chi connectivity index (χ4n) is 2.29. The summed E-state index contributed by atoms with van der Waals surface area (Å²) in [5.74, 6) is 1.13. The zero-order valence-corrected chi connectivity index (χ0v) is 11.3. The summed E-state index contributed by atoms with van der Waals surface area (Å²) in [7, 11) is 1.93. The molecular formula is C14H17N5O. The monoisotopic (exact) mass is 271 g/mol. The average molecular weight is 271 g/mol. The van der Waals surface area contributed by atoms with E-state index in [1.807, 2.05) is 17.8 Å². The van der Waals surface area contributed by atoms with E-state index in [0.29, 0.717) is 17.3 Å². The summed E-state index contributed by atoms with van der Waals surface area (Å²) in [5, 5.41) is 3.03. The predicted molar refractivity (Wildman–Crippen MR) is 74.8 cm³/mol. The number of aryl methyl sites for hydroxylation is 1. The van der Waals surface area contributed by atoms with Crippen molar-refractivity contribution in [2.45, 2.75) is 18.9 Å². The summed E-state index contributed by atoms with van der Waals surface area (Å²) < 4.78 is 1.94. The number of nitrogen functional groups attached to an aromatic ring is 1. The molecule has 0 saturated heterocycles. The Morgan fingerprint density at radius 3 is 2.85 bits per heavy atom. The Bertz CT molecular complexity index is 632. The van der Waals surface area contributed by atoms with E-state index in [0.717, 1.165) is 18.7 Å². The lowest BCUT2D eigenvalue weighted by molar-refractivity contribution is 0.0924. The van der Waals surface area contributed by atoms with E-state index < -0.39 is 0 Å². The molecule has 0 unspecified atom stereocenters. The minimum absolute atomic E-state index is 0.0641. The fraction of sp³-hybridized carbons (Fsp3) is 0.357. The second-order valence-corrected chi connectivity index (χ2v) is 5.16. The number of hydrogen-bond acceptors (Lipinski definition) is 4. The minimum Gasteiger partial charge on any atom is -0.399 e. The van der Waals surface area contributed by atoms with Crippen LogP contribution in [0.15, 0.2) is 30.7 Å². The molecule has 1 saturated carbocycles. The van der Waals surface area contributed by atoms with E-state index in [1.54, 1.807) is 18.3 Å². The van der Waals surface area contributed by atoms with Gasteiger partial charge in [-0.2, -0.15) is 0 Å². The first kappa shape index (κ1) is 12.7. The zero-order chi connectivity index (χ0) is 14.1. The molecule has 0 spiro atoms. The second kappa shape index (κ2) is 4.96. The van der Waals surface area contributed by atoms with E-state index in [-0.39, 0.29) is 11.9 Å². The molecule has 2 aromatic rings. The third kappa shape index (κ3) is 2.49. The molecule has 1 amide bonds. The molecule has 104 valence electrons. The summed E-state index contributed by atoms with van der Waals surface area (Å²) in [5.41, 5.74) is 6.55. The van der Waals surface area contributed by atoms with Crippen molar-refractivity contribution in [2.24, 2.45) is 13.0 Å². The molecule has 3 rings (SSSR count). The van der Waals surface area contributed by atoms with Gasteiger partial charge in [0, 0.05) is 31.3 Å². The van der Waals surface area contributed by atoms with Gasteiger partial charge in [-0.25, -0.2) is 4.98 Å². The van der Waals surface area contributed by atoms with Crippen molar-refractivity contribution in [3.05, 3.63) is 42.2 Å². The van der Waals surface area contributed by atoms with Crippen LogP contribution in [0, 0.1) is 5.92 Å². The van der Waals surface area contributed by atoms with Crippen molar-refractivity contribution >= 4 is 11.6 Å². The van der Waals surface area contributed by atoms with Crippen molar-refractivity contribution in [3.8, 4) is 0 Å². The fourth-order valence-corrected chi connectivity index (χ4v) is 2.29. The van der Waals surface area contributed by atoms with Crippen molar-refractivity contribution in [3.63, 3.8) is 0 Å². The van der Waals surface area contributed by atoms with Crippen molar-refractivity contribution in [2.75, 3.05) is 5.73 Å². The van der Waals surface area contributed by atoms with Crippen molar-refractivity contribution in [1.29, 1.82) is 0 Å². The molecule has 20 heavy (non-hydrogen) atoms. The molecule has 0 radical (unpaired) electrons. The molecule has 2 heterocycles. The Kier molecular flexibility index (Phi) is 3.14. The number of carbonyl (C=O) groups is 1. The molecule has 0 aromatic carbocycles. The lowest BCUT2D eigenvalue weighted by Gasteiger charge is -2.17. The van der Waals surface area contributed by atoms with Crippen LogP contribution >= 0.6 is 0 Å². The van der Waals surface area contributed by atoms with Gasteiger partial charge < -0.3 is 15.6 Å². The second-order valence-electron chi connectivity index (χ2n) is 5.16. The summed E-state index contributed by atoms with van der Waals surface area (Å²) in [6, 6.07) is 3.18. The molecule has 0 bridgehead atoms. The normalized spacial score (nSPS) is 15.8. The van der Waals surface area contributed by atoms with Gasteiger partial charge in [-0.3, -0.25) is 9.78 Å². The first-order chi connectivity index (χ1) is 9.65. The lowest BCUT2D eigenvalue weighted by Crippen LogP contribution is -2.32. The highest BCUT2D eigenvalue weighted by molar-refractivity contribution is 5.93. The van der Waals surface area contributed by atoms with Gasteiger partial charge in [0.1, 0.15) is 11.5 Å². The van der Waals surface area contributed by atoms with Gasteiger partial charge in [0.15, 0.2) is 0 Å². The Morgan fingerprint density at radius 1 is 1.45 bits per heavy atom. The maximum atomic E-state index is 12.3. The number of nitrogens with zero attached hydrogens (tertiary/aromatic N) is 3. The van der Waals surface area contributed by atoms with E-state index in [1.165, 1.54) is 6.20 Å². The number of pyridine rings is 1. The highest BCUT2D eigenvalue weighted by Crippen LogP contribution is 2.40. The number of nitrogens with two attached hydrogens (primary N) is 1. The number of rotatable bonds is 4. The first-order valence-corrected chi connectivity index (χ1v) is 6.65. The summed E-state index contributed by atoms with van der Waals surface area (Å²) >= 11 is 0. The largest absolute Gasteiger partial charge is 0.399 e. The van der Waals surface area contributed by atoms with Gasteiger partial charge in [-0.1, -0.05) is 0 Å². The SMILES string of the molecule is Cn1ccnc1[C@@H](NC(=O)c1cc(N)ccn1)C1CC1. The molecule has 1 fully saturated rings. The van der Waals surface area contributed by atoms with E-state index in [4.69, 9.17) is 5.73 Å². The van der Waals surface area contributed by atoms with Gasteiger partial charge in [0.25, 0.3) is 5.91 Å². The predicted octanol–water partition coefficient (Wildman–Crippen LogP) is 1.28. The Labute approximate surface area is 117 Å². The number of carbonyl (C=O) groups excluding carboxylic acids is 1. The molecule has 1 aliphatic carbocycles. The van der Waals surface area contributed by atoms with Gasteiger partial charge in [-0.15, -0.1) is 0 Å². The number of amides is 1. The molecule has 0 aliphatic heterocycles. The van der Waals surface area contributed by atoms with Gasteiger partial charge >= 0.3 is 0 Å². The summed E-state index contributed by atoms with van der Waals surface area (Å²) in [6.45, 7) is 0. The molecule has 6 nitrogen and oxygen atoms in total. The number of aromatic nitrogens is 3. The summed E-state index contributed by atoms with van der Waals surface area (Å²) in [4.78, 5) is 20.7. The van der Waals surface area contributed by atoms with Crippen LogP contribution in [0.25, 0.3) is 0 Å². The molecular weight excluding hydrogens is 254 g/mol. The molecule has 2 aromatic heterocycles. The zero-order valence-electron chi connectivity index (χ0n) is 11.3. The van der Waals surface area contributed by atoms with Gasteiger partial charge in [0.05, 0.1) is 6.04 Å². The Hall–Kier alpha value is -2.37. The third-order valence-electron chi connectivity index (χ3n) is 3.53. The average Bonchev–Trinajstić information content (AvgIpc) is 3.18. The highest BCUT2D eigenvalue weighted by Gasteiger charge is 2.36. The lowest BCUT2D eigenvalue weighted by atomic mass is 10.1. The molecule has 3 N–H and O–H groups in total. The number of hydrogen-bond donors (Lipinski definition) is 2. The molecule has 1 atom stereocenters. The minimum atomic E-state index is -0.211. The maximum absolute atomic E-state index is 12.3. The Morgan fingerprint density at radius 2 is 2.25 bits per heavy atom. The standard InChI is InChI=1S/C14H17N5O/c1-19-7-6-17-13(19)12(9-2-3-9)18-14(20)11-8-10(15)4-5-16-11/h4-9,12H,2-3H2,1H3,(H2,15,16)(H,18,20)/t12-/m0/s1. The van der Waals surface area contributed by atoms with Crippen LogP contribution in [-0.4, -0.2) is 20.4 Å². The van der Waals surface area contributed by atoms with E-state index in [2.05, 4.69) is 15.3 Å². The van der Waals surface area contributed by atoms with Crippen LogP contribution in [0.3, 0.4) is 0 Å². The Balaban J connectivity index is 1.81. The topological polar surface area (TPSA) is 85.8 Å². The van der Waals surface area contributed by atoms with Gasteiger partial charge in [-0.05, 0) is 30.9 Å². The summed E-state index contributed by atoms with van der Waals surface area (Å²) in [6.07, 6.45) is 7.40. The molecule has 1 aliphatic rings. The van der Waals surface area contributed by atoms with Crippen LogP contribution in [0.2, 0.25) is 0 Å². The molecule has 6 heteroatoms. The van der Waals surface area contributed by atoms with Crippen LogP contribution in [-0.2, 0) is 7.05 Å². The van der Waals surface area contributed by atoms with E-state index in [9.17, 15) is 4.79 Å². The quantitative estimate of drug-likeness (QED) is 0.877. The van der Waals surface area contributed by atoms with Crippen LogP contribution in [0.4, 0.5) is 5.69 Å². The number of imidazole rings is 1. The third-order valence-corrected chi connectivity index (χ3v) is 3.53. The van der Waals surface area contributed by atoms with Crippen LogP contribution < -0.4 is 11.1 Å². The first-order valence-electron chi connectivity index (χ1n) is 6.65. The van der Waals surface area contributed by atoms with Gasteiger partial charge in [0.2, 0.25) is 0 Å². The smallest absolute Gasteiger partial charge is 0.270 e. The van der Waals surface area contributed by atoms with E-state index >= 15 is 0 Å². The van der Waals surface area contributed by atoms with Crippen LogP contribution in [0.5, 0.6) is 0 Å². The highest BCUT2D eigenvalue weighted by atomic mass is 16.2. The number of nitrogens with one attached hydrogen (secondary N) is 1. The van der Waals surface area contributed by atoms with Crippen molar-refractivity contribution < 1.29 is 4.79 Å². The number of anilines is 1. The van der Waals surface area contributed by atoms with Crippen molar-refractivity contribution in [1.82, 2.24) is 19.9 Å². The maximum Gasteiger partial charge on any atom is 0.270 e. The van der Waals surface area contributed by atoms with Crippen LogP contribution in [0.1, 0.15) is 35.2 Å².